The van der Waals surface area contributed by atoms with Crippen molar-refractivity contribution in [3.63, 3.8) is 0 Å². The van der Waals surface area contributed by atoms with Gasteiger partial charge in [-0.25, -0.2) is 4.39 Å². The molecule has 1 fully saturated rings. The Hall–Kier alpha value is -1.13. The van der Waals surface area contributed by atoms with Gasteiger partial charge < -0.3 is 15.3 Å². The maximum atomic E-state index is 13.8. The highest BCUT2D eigenvalue weighted by molar-refractivity contribution is 5.50. The number of anilines is 1. The fraction of sp³-hybridized carbons (Fsp3) is 0.500. The number of hydrogen-bond donors (Lipinski definition) is 2. The highest BCUT2D eigenvalue weighted by atomic mass is 19.1. The van der Waals surface area contributed by atoms with Crippen molar-refractivity contribution in [2.75, 3.05) is 31.1 Å². The van der Waals surface area contributed by atoms with E-state index in [2.05, 4.69) is 5.32 Å². The maximum Gasteiger partial charge on any atom is 0.146 e. The van der Waals surface area contributed by atoms with Crippen LogP contribution in [0.25, 0.3) is 0 Å². The Labute approximate surface area is 94.9 Å². The number of benzene rings is 1. The number of aliphatic hydroxyl groups is 1. The average molecular weight is 224 g/mol. The quantitative estimate of drug-likeness (QED) is 0.783. The number of aryl methyl sites for hydroxylation is 1. The molecular weight excluding hydrogens is 207 g/mol. The van der Waals surface area contributed by atoms with E-state index in [4.69, 9.17) is 0 Å². The van der Waals surface area contributed by atoms with Crippen molar-refractivity contribution in [2.24, 2.45) is 0 Å². The van der Waals surface area contributed by atoms with E-state index in [0.29, 0.717) is 12.2 Å². The lowest BCUT2D eigenvalue weighted by Crippen LogP contribution is -2.53. The van der Waals surface area contributed by atoms with Crippen LogP contribution in [0, 0.1) is 12.7 Å². The molecule has 88 valence electrons. The Morgan fingerprint density at radius 3 is 3.06 bits per heavy atom. The highest BCUT2D eigenvalue weighted by Gasteiger charge is 2.23. The minimum Gasteiger partial charge on any atom is -0.394 e. The van der Waals surface area contributed by atoms with Gasteiger partial charge in [-0.15, -0.1) is 0 Å². The number of hydrogen-bond acceptors (Lipinski definition) is 3. The lowest BCUT2D eigenvalue weighted by Gasteiger charge is -2.37. The molecule has 0 radical (unpaired) electrons. The topological polar surface area (TPSA) is 35.5 Å². The fourth-order valence-electron chi connectivity index (χ4n) is 2.09. The first kappa shape index (κ1) is 11.4. The van der Waals surface area contributed by atoms with Crippen LogP contribution < -0.4 is 10.2 Å². The van der Waals surface area contributed by atoms with Crippen LogP contribution in [-0.2, 0) is 0 Å². The lowest BCUT2D eigenvalue weighted by atomic mass is 10.1. The second-order valence-electron chi connectivity index (χ2n) is 4.19. The molecule has 0 saturated carbocycles. The predicted octanol–water partition coefficient (Wildman–Crippen LogP) is 0.905. The van der Waals surface area contributed by atoms with Crippen molar-refractivity contribution in [3.8, 4) is 0 Å². The fourth-order valence-corrected chi connectivity index (χ4v) is 2.09. The predicted molar refractivity (Wildman–Crippen MR) is 62.2 cm³/mol. The summed E-state index contributed by atoms with van der Waals surface area (Å²) in [7, 11) is 0. The first-order valence-corrected chi connectivity index (χ1v) is 5.56. The average Bonchev–Trinajstić information content (AvgIpc) is 2.29. The van der Waals surface area contributed by atoms with Crippen LogP contribution in [0.5, 0.6) is 0 Å². The van der Waals surface area contributed by atoms with Crippen LogP contribution in [0.1, 0.15) is 5.56 Å². The summed E-state index contributed by atoms with van der Waals surface area (Å²) < 4.78 is 13.8. The third-order valence-corrected chi connectivity index (χ3v) is 2.97. The van der Waals surface area contributed by atoms with E-state index in [1.54, 1.807) is 6.07 Å². The second-order valence-corrected chi connectivity index (χ2v) is 4.19. The molecular formula is C12H17FN2O. The van der Waals surface area contributed by atoms with Crippen LogP contribution in [-0.4, -0.2) is 37.4 Å². The Morgan fingerprint density at radius 2 is 2.38 bits per heavy atom. The number of nitrogens with one attached hydrogen (secondary N) is 1. The number of halogens is 1. The van der Waals surface area contributed by atoms with Gasteiger partial charge in [-0.2, -0.15) is 0 Å². The smallest absolute Gasteiger partial charge is 0.146 e. The molecule has 1 unspecified atom stereocenters. The minimum absolute atomic E-state index is 0.0362. The van der Waals surface area contributed by atoms with Gasteiger partial charge in [0.05, 0.1) is 18.3 Å². The summed E-state index contributed by atoms with van der Waals surface area (Å²) in [5.74, 6) is -0.208. The van der Waals surface area contributed by atoms with Gasteiger partial charge >= 0.3 is 0 Å². The van der Waals surface area contributed by atoms with E-state index in [1.165, 1.54) is 6.07 Å². The highest BCUT2D eigenvalue weighted by Crippen LogP contribution is 2.23. The molecule has 1 heterocycles. The van der Waals surface area contributed by atoms with Gasteiger partial charge in [-0.1, -0.05) is 6.07 Å². The molecule has 1 atom stereocenters. The molecule has 0 aliphatic carbocycles. The Balaban J connectivity index is 2.27. The molecule has 16 heavy (non-hydrogen) atoms. The van der Waals surface area contributed by atoms with E-state index >= 15 is 0 Å². The molecule has 0 spiro atoms. The normalized spacial score (nSPS) is 21.2. The van der Waals surface area contributed by atoms with Crippen LogP contribution in [0.2, 0.25) is 0 Å². The molecule has 1 aliphatic heterocycles. The van der Waals surface area contributed by atoms with Crippen molar-refractivity contribution in [2.45, 2.75) is 13.0 Å². The molecule has 1 aliphatic rings. The van der Waals surface area contributed by atoms with Crippen LogP contribution >= 0.6 is 0 Å². The van der Waals surface area contributed by atoms with Gasteiger partial charge in [-0.05, 0) is 24.6 Å². The van der Waals surface area contributed by atoms with Crippen LogP contribution in [0.4, 0.5) is 10.1 Å². The molecule has 0 amide bonds. The van der Waals surface area contributed by atoms with Gasteiger partial charge in [0, 0.05) is 19.6 Å². The van der Waals surface area contributed by atoms with Crippen molar-refractivity contribution < 1.29 is 9.50 Å². The summed E-state index contributed by atoms with van der Waals surface area (Å²) in [6.45, 7) is 4.16. The lowest BCUT2D eigenvalue weighted by molar-refractivity contribution is 0.246. The van der Waals surface area contributed by atoms with E-state index in [9.17, 15) is 9.50 Å². The zero-order chi connectivity index (χ0) is 11.5. The Bertz CT molecular complexity index is 370. The molecule has 0 bridgehead atoms. The van der Waals surface area contributed by atoms with E-state index < -0.39 is 0 Å². The van der Waals surface area contributed by atoms with Gasteiger partial charge in [0.1, 0.15) is 5.82 Å². The first-order chi connectivity index (χ1) is 7.72. The maximum absolute atomic E-state index is 13.8. The summed E-state index contributed by atoms with van der Waals surface area (Å²) in [6, 6.07) is 5.19. The van der Waals surface area contributed by atoms with E-state index in [1.807, 2.05) is 17.9 Å². The molecule has 4 heteroatoms. The molecule has 2 rings (SSSR count). The zero-order valence-electron chi connectivity index (χ0n) is 9.41. The number of nitrogens with zero attached hydrogens (tertiary/aromatic N) is 1. The monoisotopic (exact) mass is 224 g/mol. The third-order valence-electron chi connectivity index (χ3n) is 2.97. The third kappa shape index (κ3) is 2.18. The Morgan fingerprint density at radius 1 is 1.56 bits per heavy atom. The zero-order valence-corrected chi connectivity index (χ0v) is 9.41. The molecule has 0 aromatic heterocycles. The minimum atomic E-state index is -0.208. The molecule has 1 saturated heterocycles. The van der Waals surface area contributed by atoms with Crippen molar-refractivity contribution in [1.29, 1.82) is 0 Å². The number of aliphatic hydroxyl groups excluding tert-OH is 1. The first-order valence-electron chi connectivity index (χ1n) is 5.56. The number of rotatable bonds is 2. The van der Waals surface area contributed by atoms with Crippen LogP contribution in [0.15, 0.2) is 18.2 Å². The summed E-state index contributed by atoms with van der Waals surface area (Å²) >= 11 is 0. The number of piperazine rings is 1. The summed E-state index contributed by atoms with van der Waals surface area (Å²) in [4.78, 5) is 1.94. The SMILES string of the molecule is Cc1ccc(N2CCNCC2CO)c(F)c1. The van der Waals surface area contributed by atoms with E-state index in [-0.39, 0.29) is 18.5 Å². The van der Waals surface area contributed by atoms with Gasteiger partial charge in [-0.3, -0.25) is 0 Å². The van der Waals surface area contributed by atoms with E-state index in [0.717, 1.165) is 18.7 Å². The van der Waals surface area contributed by atoms with Crippen molar-refractivity contribution in [3.05, 3.63) is 29.6 Å². The standard InChI is InChI=1S/C12H17FN2O/c1-9-2-3-12(11(13)6-9)15-5-4-14-7-10(15)8-16/h2-3,6,10,14,16H,4-5,7-8H2,1H3. The second kappa shape index (κ2) is 4.80. The summed E-state index contributed by atoms with van der Waals surface area (Å²) in [5.41, 5.74) is 1.50. The summed E-state index contributed by atoms with van der Waals surface area (Å²) in [5, 5.41) is 12.5. The molecule has 3 nitrogen and oxygen atoms in total. The van der Waals surface area contributed by atoms with Crippen molar-refractivity contribution >= 4 is 5.69 Å². The largest absolute Gasteiger partial charge is 0.394 e. The van der Waals surface area contributed by atoms with Crippen molar-refractivity contribution in [1.82, 2.24) is 5.32 Å². The summed E-state index contributed by atoms with van der Waals surface area (Å²) in [6.07, 6.45) is 0. The van der Waals surface area contributed by atoms with Gasteiger partial charge in [0.25, 0.3) is 0 Å². The molecule has 1 aromatic rings. The van der Waals surface area contributed by atoms with Gasteiger partial charge in [0.15, 0.2) is 0 Å². The molecule has 1 aromatic carbocycles. The van der Waals surface area contributed by atoms with Crippen LogP contribution in [0.3, 0.4) is 0 Å². The molecule has 2 N–H and O–H groups in total. The Kier molecular flexibility index (Phi) is 3.41. The van der Waals surface area contributed by atoms with Gasteiger partial charge in [0.2, 0.25) is 0 Å².